The first-order valence-electron chi connectivity index (χ1n) is 1.80. The van der Waals surface area contributed by atoms with Gasteiger partial charge in [0.2, 0.25) is 0 Å². The largest absolute Gasteiger partial charge is 0.394 e. The molecule has 4 N–H and O–H groups in total. The molecule has 0 fully saturated rings. The Bertz CT molecular complexity index is 32.1. The van der Waals surface area contributed by atoms with Crippen molar-refractivity contribution < 1.29 is 10.2 Å². The van der Waals surface area contributed by atoms with Crippen LogP contribution in [0.15, 0.2) is 0 Å². The van der Waals surface area contributed by atoms with E-state index in [9.17, 15) is 0 Å². The monoisotopic (exact) mass is 299 g/mol. The van der Waals surface area contributed by atoms with E-state index >= 15 is 0 Å². The minimum atomic E-state index is -0.731. The molecule has 0 heterocycles. The third-order valence-corrected chi connectivity index (χ3v) is 0.483. The van der Waals surface area contributed by atoms with Crippen LogP contribution in [0.1, 0.15) is 0 Å². The summed E-state index contributed by atoms with van der Waals surface area (Å²) in [6, 6.07) is 0. The van der Waals surface area contributed by atoms with Crippen LogP contribution in [0.5, 0.6) is 0 Å². The third kappa shape index (κ3) is 6.80. The second-order valence-electron chi connectivity index (χ2n) is 1.07. The van der Waals surface area contributed by atoms with Crippen LogP contribution in [0.4, 0.5) is 0 Å². The second-order valence-corrected chi connectivity index (χ2v) is 1.07. The van der Waals surface area contributed by atoms with Crippen LogP contribution in [0.25, 0.3) is 0 Å². The zero-order valence-corrected chi connectivity index (χ0v) is 7.85. The predicted molar refractivity (Wildman–Crippen MR) is 27.9 cm³/mol. The molecule has 0 aromatic carbocycles. The summed E-state index contributed by atoms with van der Waals surface area (Å²) < 4.78 is 0. The van der Waals surface area contributed by atoms with Crippen molar-refractivity contribution in [3.8, 4) is 0 Å². The standard InChI is InChI=1S/C3H9NO2.Pb/c4-1-3(6)2-5;/h3,5-6H,1-2,4H2;. The van der Waals surface area contributed by atoms with E-state index in [1.54, 1.807) is 0 Å². The Morgan fingerprint density at radius 3 is 2.00 bits per heavy atom. The van der Waals surface area contributed by atoms with Gasteiger partial charge in [0.1, 0.15) is 0 Å². The van der Waals surface area contributed by atoms with Gasteiger partial charge in [-0.15, -0.1) is 0 Å². The Labute approximate surface area is 62.7 Å². The maximum Gasteiger partial charge on any atom is 0.0892 e. The molecule has 0 rings (SSSR count). The quantitative estimate of drug-likeness (QED) is 0.513. The van der Waals surface area contributed by atoms with Gasteiger partial charge in [-0.1, -0.05) is 0 Å². The van der Waals surface area contributed by atoms with Crippen molar-refractivity contribution in [2.75, 3.05) is 13.2 Å². The number of hydrogen-bond acceptors (Lipinski definition) is 3. The van der Waals surface area contributed by atoms with Crippen molar-refractivity contribution >= 4 is 27.3 Å². The summed E-state index contributed by atoms with van der Waals surface area (Å²) in [4.78, 5) is 0. The molecular formula is C3H9NO2Pb. The van der Waals surface area contributed by atoms with Crippen LogP contribution >= 0.6 is 0 Å². The van der Waals surface area contributed by atoms with E-state index in [-0.39, 0.29) is 40.5 Å². The predicted octanol–water partition coefficient (Wildman–Crippen LogP) is -2.08. The number of nitrogens with two attached hydrogens (primary N) is 1. The molecule has 0 aliphatic heterocycles. The van der Waals surface area contributed by atoms with Crippen molar-refractivity contribution in [1.29, 1.82) is 0 Å². The van der Waals surface area contributed by atoms with Gasteiger partial charge in [0.25, 0.3) is 0 Å². The van der Waals surface area contributed by atoms with Crippen LogP contribution < -0.4 is 5.73 Å². The first-order chi connectivity index (χ1) is 2.81. The molecular weight excluding hydrogens is 289 g/mol. The van der Waals surface area contributed by atoms with Gasteiger partial charge in [0.15, 0.2) is 0 Å². The third-order valence-electron chi connectivity index (χ3n) is 0.483. The summed E-state index contributed by atoms with van der Waals surface area (Å²) in [6.45, 7) is -0.104. The number of rotatable bonds is 2. The van der Waals surface area contributed by atoms with Gasteiger partial charge in [-0.05, 0) is 0 Å². The summed E-state index contributed by atoms with van der Waals surface area (Å²) in [5.74, 6) is 0. The fourth-order valence-corrected chi connectivity index (χ4v) is 0.0745. The molecule has 0 saturated heterocycles. The van der Waals surface area contributed by atoms with Crippen LogP contribution in [0, 0.1) is 0 Å². The Kier molecular flexibility index (Phi) is 10.4. The molecule has 0 aromatic heterocycles. The zero-order valence-electron chi connectivity index (χ0n) is 3.96. The van der Waals surface area contributed by atoms with Gasteiger partial charge < -0.3 is 15.9 Å². The van der Waals surface area contributed by atoms with E-state index in [1.807, 2.05) is 0 Å². The van der Waals surface area contributed by atoms with Crippen LogP contribution in [0.3, 0.4) is 0 Å². The van der Waals surface area contributed by atoms with Crippen LogP contribution in [-0.2, 0) is 0 Å². The molecule has 1 unspecified atom stereocenters. The summed E-state index contributed by atoms with van der Waals surface area (Å²) in [5.41, 5.74) is 4.87. The van der Waals surface area contributed by atoms with Gasteiger partial charge in [-0.3, -0.25) is 0 Å². The second kappa shape index (κ2) is 6.80. The van der Waals surface area contributed by atoms with Crippen LogP contribution in [-0.4, -0.2) is 56.8 Å². The van der Waals surface area contributed by atoms with E-state index in [2.05, 4.69) is 0 Å². The van der Waals surface area contributed by atoms with Gasteiger partial charge in [0, 0.05) is 33.8 Å². The SMILES string of the molecule is NCC(O)CO.[Pb]. The average molecular weight is 298 g/mol. The smallest absolute Gasteiger partial charge is 0.0892 e. The number of aliphatic hydroxyl groups is 2. The van der Waals surface area contributed by atoms with Gasteiger partial charge in [-0.25, -0.2) is 0 Å². The molecule has 1 atom stereocenters. The molecule has 42 valence electrons. The summed E-state index contributed by atoms with van der Waals surface area (Å²) in [7, 11) is 0. The Morgan fingerprint density at radius 2 is 2.00 bits per heavy atom. The van der Waals surface area contributed by atoms with Crippen molar-refractivity contribution in [2.24, 2.45) is 5.73 Å². The molecule has 0 aromatic rings. The Morgan fingerprint density at radius 1 is 1.57 bits per heavy atom. The Hall–Kier alpha value is 0.802. The minimum absolute atomic E-state index is 0. The van der Waals surface area contributed by atoms with E-state index in [0.717, 1.165) is 0 Å². The molecule has 3 nitrogen and oxygen atoms in total. The van der Waals surface area contributed by atoms with Crippen molar-refractivity contribution in [1.82, 2.24) is 0 Å². The molecule has 0 bridgehead atoms. The summed E-state index contributed by atoms with van der Waals surface area (Å²) in [6.07, 6.45) is -0.731. The molecule has 0 aliphatic carbocycles. The summed E-state index contributed by atoms with van der Waals surface area (Å²) in [5, 5.41) is 16.3. The molecule has 0 saturated carbocycles. The van der Waals surface area contributed by atoms with Crippen molar-refractivity contribution in [2.45, 2.75) is 6.10 Å². The molecule has 4 radical (unpaired) electrons. The first-order valence-corrected chi connectivity index (χ1v) is 1.80. The normalized spacial score (nSPS) is 12.4. The molecule has 0 amide bonds. The van der Waals surface area contributed by atoms with E-state index in [0.29, 0.717) is 0 Å². The molecule has 7 heavy (non-hydrogen) atoms. The topological polar surface area (TPSA) is 66.5 Å². The summed E-state index contributed by atoms with van der Waals surface area (Å²) >= 11 is 0. The average Bonchev–Trinajstić information content (AvgIpc) is 1.65. The number of aliphatic hydroxyl groups excluding tert-OH is 2. The molecule has 0 aliphatic rings. The molecule has 4 heteroatoms. The van der Waals surface area contributed by atoms with E-state index < -0.39 is 6.10 Å². The maximum absolute atomic E-state index is 8.29. The number of hydrogen-bond donors (Lipinski definition) is 3. The van der Waals surface area contributed by atoms with Crippen LogP contribution in [0.2, 0.25) is 0 Å². The molecule has 0 spiro atoms. The van der Waals surface area contributed by atoms with E-state index in [1.165, 1.54) is 0 Å². The van der Waals surface area contributed by atoms with Gasteiger partial charge in [0.05, 0.1) is 12.7 Å². The maximum atomic E-state index is 8.29. The van der Waals surface area contributed by atoms with Crippen molar-refractivity contribution in [3.05, 3.63) is 0 Å². The van der Waals surface area contributed by atoms with Gasteiger partial charge >= 0.3 is 0 Å². The van der Waals surface area contributed by atoms with Crippen molar-refractivity contribution in [3.63, 3.8) is 0 Å². The fraction of sp³-hybridized carbons (Fsp3) is 1.00. The fourth-order valence-electron chi connectivity index (χ4n) is 0.0745. The van der Waals surface area contributed by atoms with E-state index in [4.69, 9.17) is 15.9 Å². The Balaban J connectivity index is 0. The van der Waals surface area contributed by atoms with Gasteiger partial charge in [-0.2, -0.15) is 0 Å². The minimum Gasteiger partial charge on any atom is -0.394 e. The zero-order chi connectivity index (χ0) is 4.99. The first kappa shape index (κ1) is 10.7.